The first-order chi connectivity index (χ1) is 12.9. The summed E-state index contributed by atoms with van der Waals surface area (Å²) in [4.78, 5) is 13.0. The van der Waals surface area contributed by atoms with Crippen molar-refractivity contribution < 1.29 is 17.9 Å². The number of nitrogens with one attached hydrogen (secondary N) is 2. The van der Waals surface area contributed by atoms with Crippen LogP contribution in [0.15, 0.2) is 47.4 Å². The van der Waals surface area contributed by atoms with Crippen molar-refractivity contribution in [3.8, 4) is 5.75 Å². The van der Waals surface area contributed by atoms with E-state index in [-0.39, 0.29) is 23.6 Å². The van der Waals surface area contributed by atoms with Gasteiger partial charge < -0.3 is 10.1 Å². The number of rotatable bonds is 5. The Morgan fingerprint density at radius 2 is 1.93 bits per heavy atom. The SMILES string of the molecule is COc1ccc2[nH]nc(NC(=O)C3(S(=O)(=O)c4ccc(Cl)cc4)CC3)c2c1. The lowest BCUT2D eigenvalue weighted by atomic mass is 10.2. The summed E-state index contributed by atoms with van der Waals surface area (Å²) in [5, 5.41) is 10.6. The van der Waals surface area contributed by atoms with Crippen LogP contribution in [0.5, 0.6) is 5.75 Å². The zero-order chi connectivity index (χ0) is 19.2. The number of ether oxygens (including phenoxy) is 1. The number of hydrogen-bond acceptors (Lipinski definition) is 5. The van der Waals surface area contributed by atoms with E-state index < -0.39 is 20.5 Å². The molecule has 7 nitrogen and oxygen atoms in total. The summed E-state index contributed by atoms with van der Waals surface area (Å²) in [5.74, 6) is 0.287. The number of nitrogens with zero attached hydrogens (tertiary/aromatic N) is 1. The Morgan fingerprint density at radius 1 is 1.22 bits per heavy atom. The summed E-state index contributed by atoms with van der Waals surface area (Å²) in [6, 6.07) is 11.1. The predicted octanol–water partition coefficient (Wildman–Crippen LogP) is 3.17. The third-order valence-electron chi connectivity index (χ3n) is 4.76. The van der Waals surface area contributed by atoms with Gasteiger partial charge in [-0.3, -0.25) is 9.89 Å². The zero-order valence-corrected chi connectivity index (χ0v) is 15.9. The quantitative estimate of drug-likeness (QED) is 0.678. The summed E-state index contributed by atoms with van der Waals surface area (Å²) in [6.07, 6.45) is 0.519. The Hall–Kier alpha value is -2.58. The number of H-pyrrole nitrogens is 1. The minimum Gasteiger partial charge on any atom is -0.497 e. The van der Waals surface area contributed by atoms with Crippen LogP contribution in [0.25, 0.3) is 10.9 Å². The molecule has 0 aliphatic heterocycles. The fourth-order valence-electron chi connectivity index (χ4n) is 3.01. The predicted molar refractivity (Wildman–Crippen MR) is 102 cm³/mol. The molecule has 0 spiro atoms. The molecule has 27 heavy (non-hydrogen) atoms. The van der Waals surface area contributed by atoms with E-state index in [4.69, 9.17) is 16.3 Å². The molecule has 1 fully saturated rings. The summed E-state index contributed by atoms with van der Waals surface area (Å²) in [6.45, 7) is 0. The lowest BCUT2D eigenvalue weighted by molar-refractivity contribution is -0.116. The number of methoxy groups -OCH3 is 1. The van der Waals surface area contributed by atoms with Crippen molar-refractivity contribution in [1.29, 1.82) is 0 Å². The third-order valence-corrected chi connectivity index (χ3v) is 7.53. The van der Waals surface area contributed by atoms with Gasteiger partial charge in [0.1, 0.15) is 5.75 Å². The normalized spacial score (nSPS) is 15.5. The van der Waals surface area contributed by atoms with Crippen molar-refractivity contribution >= 4 is 44.1 Å². The van der Waals surface area contributed by atoms with E-state index in [1.807, 2.05) is 0 Å². The Morgan fingerprint density at radius 3 is 2.56 bits per heavy atom. The molecule has 1 aromatic heterocycles. The first-order valence-corrected chi connectivity index (χ1v) is 10.1. The van der Waals surface area contributed by atoms with Gasteiger partial charge >= 0.3 is 0 Å². The molecule has 0 atom stereocenters. The van der Waals surface area contributed by atoms with E-state index in [0.717, 1.165) is 0 Å². The monoisotopic (exact) mass is 405 g/mol. The fraction of sp³-hybridized carbons (Fsp3) is 0.222. The molecule has 9 heteroatoms. The van der Waals surface area contributed by atoms with Gasteiger partial charge in [0.25, 0.3) is 0 Å². The lowest BCUT2D eigenvalue weighted by Gasteiger charge is -2.15. The van der Waals surface area contributed by atoms with Gasteiger partial charge in [0.05, 0.1) is 17.5 Å². The average Bonchev–Trinajstić information content (AvgIpc) is 3.40. The maximum absolute atomic E-state index is 13.0. The first-order valence-electron chi connectivity index (χ1n) is 8.21. The van der Waals surface area contributed by atoms with Gasteiger partial charge in [0, 0.05) is 10.4 Å². The second-order valence-electron chi connectivity index (χ2n) is 6.39. The van der Waals surface area contributed by atoms with Crippen molar-refractivity contribution in [2.45, 2.75) is 22.5 Å². The van der Waals surface area contributed by atoms with Gasteiger partial charge in [0.15, 0.2) is 20.4 Å². The second kappa shape index (κ2) is 6.24. The molecule has 1 heterocycles. The third kappa shape index (κ3) is 2.85. The van der Waals surface area contributed by atoms with Gasteiger partial charge in [-0.25, -0.2) is 8.42 Å². The smallest absolute Gasteiger partial charge is 0.247 e. The number of carbonyl (C=O) groups excluding carboxylic acids is 1. The number of hydrogen-bond donors (Lipinski definition) is 2. The molecule has 0 saturated heterocycles. The molecule has 0 unspecified atom stereocenters. The fourth-order valence-corrected chi connectivity index (χ4v) is 5.01. The molecule has 0 radical (unpaired) electrons. The van der Waals surface area contributed by atoms with Gasteiger partial charge in [-0.2, -0.15) is 5.10 Å². The van der Waals surface area contributed by atoms with E-state index in [0.29, 0.717) is 21.7 Å². The van der Waals surface area contributed by atoms with Crippen LogP contribution in [0.3, 0.4) is 0 Å². The van der Waals surface area contributed by atoms with Gasteiger partial charge in [-0.15, -0.1) is 0 Å². The van der Waals surface area contributed by atoms with Crippen LogP contribution >= 0.6 is 11.6 Å². The van der Waals surface area contributed by atoms with Crippen molar-refractivity contribution in [3.63, 3.8) is 0 Å². The van der Waals surface area contributed by atoms with E-state index in [1.54, 1.807) is 18.2 Å². The molecular weight excluding hydrogens is 390 g/mol. The molecule has 1 aliphatic rings. The molecular formula is C18H16ClN3O4S. The maximum Gasteiger partial charge on any atom is 0.247 e. The first kappa shape index (κ1) is 17.8. The maximum atomic E-state index is 13.0. The molecule has 2 N–H and O–H groups in total. The highest BCUT2D eigenvalue weighted by Gasteiger charge is 2.61. The summed E-state index contributed by atoms with van der Waals surface area (Å²) in [7, 11) is -2.31. The lowest BCUT2D eigenvalue weighted by Crippen LogP contribution is -2.37. The van der Waals surface area contributed by atoms with Crippen LogP contribution in [0.2, 0.25) is 5.02 Å². The number of anilines is 1. The van der Waals surface area contributed by atoms with Crippen LogP contribution in [0.1, 0.15) is 12.8 Å². The number of carbonyl (C=O) groups is 1. The van der Waals surface area contributed by atoms with Gasteiger partial charge in [0.2, 0.25) is 5.91 Å². The van der Waals surface area contributed by atoms with Crippen molar-refractivity contribution in [1.82, 2.24) is 10.2 Å². The molecule has 140 valence electrons. The van der Waals surface area contributed by atoms with Crippen LogP contribution in [-0.2, 0) is 14.6 Å². The highest BCUT2D eigenvalue weighted by Crippen LogP contribution is 2.47. The second-order valence-corrected chi connectivity index (χ2v) is 9.09. The van der Waals surface area contributed by atoms with Crippen LogP contribution in [-0.4, -0.2) is 36.4 Å². The number of benzene rings is 2. The topological polar surface area (TPSA) is 101 Å². The van der Waals surface area contributed by atoms with Crippen LogP contribution < -0.4 is 10.1 Å². The molecule has 1 saturated carbocycles. The highest BCUT2D eigenvalue weighted by atomic mass is 35.5. The van der Waals surface area contributed by atoms with Crippen molar-refractivity contribution in [2.75, 3.05) is 12.4 Å². The highest BCUT2D eigenvalue weighted by molar-refractivity contribution is 7.94. The Bertz CT molecular complexity index is 1140. The molecule has 0 bridgehead atoms. The summed E-state index contributed by atoms with van der Waals surface area (Å²) < 4.78 is 29.7. The van der Waals surface area contributed by atoms with E-state index in [1.165, 1.54) is 31.4 Å². The van der Waals surface area contributed by atoms with Crippen molar-refractivity contribution in [2.24, 2.45) is 0 Å². The van der Waals surface area contributed by atoms with Crippen LogP contribution in [0.4, 0.5) is 5.82 Å². The number of sulfone groups is 1. The zero-order valence-electron chi connectivity index (χ0n) is 14.3. The Kier molecular flexibility index (Phi) is 4.12. The number of halogens is 1. The number of amides is 1. The molecule has 1 amide bonds. The minimum atomic E-state index is -3.85. The number of fused-ring (bicyclic) bond motifs is 1. The molecule has 4 rings (SSSR count). The molecule has 2 aromatic carbocycles. The standard InChI is InChI=1S/C18H16ClN3O4S/c1-26-12-4-7-15-14(10-12)16(22-21-15)20-17(23)18(8-9-18)27(24,25)13-5-2-11(19)3-6-13/h2-7,10H,8-9H2,1H3,(H2,20,21,22,23). The summed E-state index contributed by atoms with van der Waals surface area (Å²) in [5.41, 5.74) is 0.705. The van der Waals surface area contributed by atoms with Gasteiger partial charge in [-0.1, -0.05) is 11.6 Å². The summed E-state index contributed by atoms with van der Waals surface area (Å²) >= 11 is 5.83. The van der Waals surface area contributed by atoms with E-state index in [9.17, 15) is 13.2 Å². The average molecular weight is 406 g/mol. The molecule has 3 aromatic rings. The van der Waals surface area contributed by atoms with E-state index in [2.05, 4.69) is 15.5 Å². The Balaban J connectivity index is 1.66. The van der Waals surface area contributed by atoms with Crippen molar-refractivity contribution in [3.05, 3.63) is 47.5 Å². The van der Waals surface area contributed by atoms with E-state index >= 15 is 0 Å². The Labute approximate surface area is 160 Å². The minimum absolute atomic E-state index is 0.0769. The largest absolute Gasteiger partial charge is 0.497 e. The molecule has 1 aliphatic carbocycles. The van der Waals surface area contributed by atoms with Crippen LogP contribution in [0, 0.1) is 0 Å². The number of aromatic amines is 1. The van der Waals surface area contributed by atoms with Gasteiger partial charge in [-0.05, 0) is 55.3 Å². The number of aromatic nitrogens is 2.